The van der Waals surface area contributed by atoms with Crippen molar-refractivity contribution in [2.45, 2.75) is 11.8 Å². The number of benzene rings is 1. The van der Waals surface area contributed by atoms with Crippen molar-refractivity contribution in [3.05, 3.63) is 53.7 Å². The van der Waals surface area contributed by atoms with Gasteiger partial charge in [0, 0.05) is 11.8 Å². The van der Waals surface area contributed by atoms with Crippen molar-refractivity contribution in [2.75, 3.05) is 5.32 Å². The molecule has 0 aliphatic carbocycles. The largest absolute Gasteiger partial charge is 0.290 e. The minimum atomic E-state index is -3.81. The van der Waals surface area contributed by atoms with E-state index >= 15 is 0 Å². The summed E-state index contributed by atoms with van der Waals surface area (Å²) >= 11 is 0. The van der Waals surface area contributed by atoms with Crippen molar-refractivity contribution in [2.24, 2.45) is 5.14 Å². The van der Waals surface area contributed by atoms with Gasteiger partial charge in [-0.1, -0.05) is 6.07 Å². The van der Waals surface area contributed by atoms with E-state index in [2.05, 4.69) is 15.5 Å². The maximum atomic E-state index is 12.3. The molecule has 2 heterocycles. The normalized spacial score (nSPS) is 11.6. The number of sulfonamides is 1. The smallest absolute Gasteiger partial charge is 0.258 e. The van der Waals surface area contributed by atoms with Gasteiger partial charge in [0.2, 0.25) is 16.0 Å². The molecular weight excluding hydrogens is 318 g/mol. The molecule has 3 aromatic rings. The fourth-order valence-electron chi connectivity index (χ4n) is 2.21. The second-order valence-corrected chi connectivity index (χ2v) is 6.46. The Hall–Kier alpha value is -2.78. The minimum Gasteiger partial charge on any atom is -0.290 e. The molecular formula is C14H13N5O3S. The van der Waals surface area contributed by atoms with Crippen LogP contribution in [-0.4, -0.2) is 28.9 Å². The highest BCUT2D eigenvalue weighted by atomic mass is 32.2. The van der Waals surface area contributed by atoms with Crippen molar-refractivity contribution in [1.29, 1.82) is 0 Å². The lowest BCUT2D eigenvalue weighted by atomic mass is 10.1. The molecule has 0 aliphatic rings. The first-order valence-corrected chi connectivity index (χ1v) is 8.15. The summed E-state index contributed by atoms with van der Waals surface area (Å²) in [7, 11) is -3.81. The first-order chi connectivity index (χ1) is 10.9. The number of fused-ring (bicyclic) bond motifs is 1. The van der Waals surface area contributed by atoms with Crippen LogP contribution in [0.2, 0.25) is 0 Å². The number of hydrogen-bond donors (Lipinski definition) is 2. The summed E-state index contributed by atoms with van der Waals surface area (Å²) in [5.74, 6) is -0.147. The molecule has 1 aromatic carbocycles. The van der Waals surface area contributed by atoms with Crippen molar-refractivity contribution in [1.82, 2.24) is 14.6 Å². The van der Waals surface area contributed by atoms with Gasteiger partial charge in [0.05, 0.1) is 4.90 Å². The molecule has 3 N–H and O–H groups in total. The number of anilines is 1. The summed E-state index contributed by atoms with van der Waals surface area (Å²) in [6.07, 6.45) is 1.72. The highest BCUT2D eigenvalue weighted by Crippen LogP contribution is 2.16. The van der Waals surface area contributed by atoms with Gasteiger partial charge in [-0.15, -0.1) is 10.2 Å². The van der Waals surface area contributed by atoms with Crippen LogP contribution in [-0.2, 0) is 10.0 Å². The second-order valence-electron chi connectivity index (χ2n) is 4.93. The number of pyridine rings is 1. The summed E-state index contributed by atoms with van der Waals surface area (Å²) in [4.78, 5) is 12.3. The van der Waals surface area contributed by atoms with Crippen LogP contribution in [0.3, 0.4) is 0 Å². The Kier molecular flexibility index (Phi) is 3.58. The zero-order chi connectivity index (χ0) is 16.6. The zero-order valence-corrected chi connectivity index (χ0v) is 12.9. The average molecular weight is 331 g/mol. The maximum absolute atomic E-state index is 12.3. The van der Waals surface area contributed by atoms with E-state index in [9.17, 15) is 13.2 Å². The molecule has 3 rings (SSSR count). The number of primary sulfonamides is 1. The molecule has 1 amide bonds. The van der Waals surface area contributed by atoms with Crippen LogP contribution in [0.4, 0.5) is 5.95 Å². The Labute approximate surface area is 132 Å². The zero-order valence-electron chi connectivity index (χ0n) is 12.1. The van der Waals surface area contributed by atoms with E-state index in [1.807, 2.05) is 6.07 Å². The molecule has 0 fully saturated rings. The summed E-state index contributed by atoms with van der Waals surface area (Å²) < 4.78 is 24.4. The SMILES string of the molecule is Cc1cc(C(=O)Nc2nnc3ccccn23)ccc1S(N)(=O)=O. The number of nitrogens with one attached hydrogen (secondary N) is 1. The molecule has 0 saturated heterocycles. The maximum Gasteiger partial charge on any atom is 0.258 e. The van der Waals surface area contributed by atoms with E-state index in [0.29, 0.717) is 16.8 Å². The fourth-order valence-corrected chi connectivity index (χ4v) is 2.98. The Morgan fingerprint density at radius 3 is 2.70 bits per heavy atom. The van der Waals surface area contributed by atoms with E-state index in [0.717, 1.165) is 0 Å². The summed E-state index contributed by atoms with van der Waals surface area (Å²) in [6, 6.07) is 9.51. The number of amides is 1. The van der Waals surface area contributed by atoms with Gasteiger partial charge in [0.1, 0.15) is 0 Å². The van der Waals surface area contributed by atoms with Crippen LogP contribution in [0.15, 0.2) is 47.5 Å². The topological polar surface area (TPSA) is 119 Å². The molecule has 0 saturated carbocycles. The molecule has 2 aromatic heterocycles. The van der Waals surface area contributed by atoms with Gasteiger partial charge in [-0.3, -0.25) is 14.5 Å². The lowest BCUT2D eigenvalue weighted by molar-refractivity contribution is 0.102. The Bertz CT molecular complexity index is 1010. The number of hydrogen-bond acceptors (Lipinski definition) is 5. The number of nitrogens with two attached hydrogens (primary N) is 1. The lowest BCUT2D eigenvalue weighted by Gasteiger charge is -2.07. The summed E-state index contributed by atoms with van der Waals surface area (Å²) in [5.41, 5.74) is 1.29. The Balaban J connectivity index is 1.91. The molecule has 0 spiro atoms. The Morgan fingerprint density at radius 1 is 1.22 bits per heavy atom. The van der Waals surface area contributed by atoms with Crippen molar-refractivity contribution < 1.29 is 13.2 Å². The molecule has 0 unspecified atom stereocenters. The van der Waals surface area contributed by atoms with Gasteiger partial charge < -0.3 is 0 Å². The highest BCUT2D eigenvalue weighted by Gasteiger charge is 2.15. The lowest BCUT2D eigenvalue weighted by Crippen LogP contribution is -2.17. The van der Waals surface area contributed by atoms with Gasteiger partial charge in [0.15, 0.2) is 5.65 Å². The first kappa shape index (κ1) is 15.1. The summed E-state index contributed by atoms with van der Waals surface area (Å²) in [6.45, 7) is 1.57. The minimum absolute atomic E-state index is 0.0121. The third-order valence-electron chi connectivity index (χ3n) is 3.28. The predicted molar refractivity (Wildman–Crippen MR) is 83.5 cm³/mol. The number of aryl methyl sites for hydroxylation is 1. The number of carbonyl (C=O) groups is 1. The molecule has 9 heteroatoms. The molecule has 0 radical (unpaired) electrons. The third-order valence-corrected chi connectivity index (χ3v) is 4.35. The fraction of sp³-hybridized carbons (Fsp3) is 0.0714. The molecule has 8 nitrogen and oxygen atoms in total. The van der Waals surface area contributed by atoms with Crippen LogP contribution >= 0.6 is 0 Å². The van der Waals surface area contributed by atoms with Crippen LogP contribution < -0.4 is 10.5 Å². The van der Waals surface area contributed by atoms with Gasteiger partial charge in [-0.05, 0) is 42.8 Å². The Morgan fingerprint density at radius 2 is 2.00 bits per heavy atom. The third kappa shape index (κ3) is 2.91. The van der Waals surface area contributed by atoms with Gasteiger partial charge >= 0.3 is 0 Å². The van der Waals surface area contributed by atoms with Crippen LogP contribution in [0.25, 0.3) is 5.65 Å². The molecule has 23 heavy (non-hydrogen) atoms. The van der Waals surface area contributed by atoms with E-state index in [-0.39, 0.29) is 10.8 Å². The number of aromatic nitrogens is 3. The molecule has 0 aliphatic heterocycles. The van der Waals surface area contributed by atoms with Gasteiger partial charge in [-0.2, -0.15) is 0 Å². The predicted octanol–water partition coefficient (Wildman–Crippen LogP) is 0.937. The van der Waals surface area contributed by atoms with E-state index < -0.39 is 15.9 Å². The van der Waals surface area contributed by atoms with Crippen molar-refractivity contribution in [3.63, 3.8) is 0 Å². The van der Waals surface area contributed by atoms with Gasteiger partial charge in [0.25, 0.3) is 5.91 Å². The molecule has 0 atom stereocenters. The highest BCUT2D eigenvalue weighted by molar-refractivity contribution is 7.89. The number of nitrogens with zero attached hydrogens (tertiary/aromatic N) is 3. The second kappa shape index (κ2) is 5.45. The quantitative estimate of drug-likeness (QED) is 0.740. The van der Waals surface area contributed by atoms with E-state index in [1.165, 1.54) is 18.2 Å². The molecule has 118 valence electrons. The standard InChI is InChI=1S/C14H13N5O3S/c1-9-8-10(5-6-11(9)23(15,21)22)13(20)16-14-18-17-12-4-2-3-7-19(12)14/h2-8H,1H3,(H2,15,21,22)(H,16,18,20). The first-order valence-electron chi connectivity index (χ1n) is 6.61. The average Bonchev–Trinajstić information content (AvgIpc) is 2.89. The van der Waals surface area contributed by atoms with Crippen molar-refractivity contribution >= 4 is 27.5 Å². The van der Waals surface area contributed by atoms with Gasteiger partial charge in [-0.25, -0.2) is 13.6 Å². The molecule has 0 bridgehead atoms. The van der Waals surface area contributed by atoms with Crippen LogP contribution in [0.5, 0.6) is 0 Å². The number of rotatable bonds is 3. The van der Waals surface area contributed by atoms with Crippen LogP contribution in [0.1, 0.15) is 15.9 Å². The monoisotopic (exact) mass is 331 g/mol. The number of carbonyl (C=O) groups excluding carboxylic acids is 1. The van der Waals surface area contributed by atoms with E-state index in [4.69, 9.17) is 5.14 Å². The summed E-state index contributed by atoms with van der Waals surface area (Å²) in [5, 5.41) is 15.6. The van der Waals surface area contributed by atoms with Crippen molar-refractivity contribution in [3.8, 4) is 0 Å². The van der Waals surface area contributed by atoms with E-state index in [1.54, 1.807) is 29.7 Å². The van der Waals surface area contributed by atoms with Crippen LogP contribution in [0, 0.1) is 6.92 Å².